The lowest BCUT2D eigenvalue weighted by Crippen LogP contribution is -2.19. The van der Waals surface area contributed by atoms with Crippen LogP contribution >= 0.6 is 0 Å². The highest BCUT2D eigenvalue weighted by molar-refractivity contribution is 5.89. The second-order valence-electron chi connectivity index (χ2n) is 14.0. The summed E-state index contributed by atoms with van der Waals surface area (Å²) in [5.41, 5.74) is 1.48. The molecule has 0 atom stereocenters. The Morgan fingerprint density at radius 3 is 1.43 bits per heavy atom. The summed E-state index contributed by atoms with van der Waals surface area (Å²) in [6.45, 7) is 6.21. The summed E-state index contributed by atoms with van der Waals surface area (Å²) < 4.78 is 3.98. The highest BCUT2D eigenvalue weighted by Crippen LogP contribution is 2.34. The second kappa shape index (κ2) is 24.8. The molecule has 0 aromatic carbocycles. The van der Waals surface area contributed by atoms with E-state index in [4.69, 9.17) is 4.98 Å². The number of hydrogen-bond acceptors (Lipinski definition) is 4. The van der Waals surface area contributed by atoms with E-state index in [1.54, 1.807) is 6.34 Å². The smallest absolute Gasteiger partial charge is 0.327 e. The number of fused-ring (bicyclic) bond motifs is 3. The maximum atomic E-state index is 12.9. The number of aromatic nitrogens is 4. The summed E-state index contributed by atoms with van der Waals surface area (Å²) in [6.07, 6.45) is 41.4. The molecule has 0 amide bonds. The number of anilines is 1. The Morgan fingerprint density at radius 1 is 0.565 bits per heavy atom. The fraction of sp³-hybridized carbons (Fsp3) is 0.821. The van der Waals surface area contributed by atoms with Crippen molar-refractivity contribution in [3.8, 4) is 11.4 Å². The lowest BCUT2D eigenvalue weighted by Gasteiger charge is -2.07. The number of H-pyrrole nitrogens is 1. The van der Waals surface area contributed by atoms with Gasteiger partial charge < -0.3 is 14.9 Å². The molecule has 7 nitrogen and oxygen atoms in total. The van der Waals surface area contributed by atoms with Crippen LogP contribution in [0.4, 0.5) is 11.6 Å². The number of nitrogens with one attached hydrogen (secondary N) is 2. The quantitative estimate of drug-likeness (QED) is 0.0835. The number of nitrogens with zero attached hydrogens (tertiary/aromatic N) is 4. The van der Waals surface area contributed by atoms with Gasteiger partial charge in [-0.3, -0.25) is 4.57 Å². The molecule has 0 spiro atoms. The molecular weight excluding hydrogens is 568 g/mol. The molecule has 2 aromatic heterocycles. The van der Waals surface area contributed by atoms with Gasteiger partial charge in [0.2, 0.25) is 0 Å². The van der Waals surface area contributed by atoms with E-state index < -0.39 is 0 Å². The first-order valence-corrected chi connectivity index (χ1v) is 19.9. The van der Waals surface area contributed by atoms with Crippen molar-refractivity contribution >= 4 is 18.0 Å². The van der Waals surface area contributed by atoms with Gasteiger partial charge in [0.1, 0.15) is 17.2 Å². The molecule has 0 radical (unpaired) electrons. The summed E-state index contributed by atoms with van der Waals surface area (Å²) >= 11 is 0. The van der Waals surface area contributed by atoms with Crippen LogP contribution in [0.5, 0.6) is 0 Å². The topological polar surface area (TPSA) is 80.0 Å². The van der Waals surface area contributed by atoms with Crippen LogP contribution in [0.1, 0.15) is 194 Å². The van der Waals surface area contributed by atoms with Gasteiger partial charge in [-0.2, -0.15) is 0 Å². The number of imidazole rings is 2. The van der Waals surface area contributed by atoms with Crippen molar-refractivity contribution in [2.75, 3.05) is 5.32 Å². The molecule has 3 heterocycles. The number of rotatable bonds is 30. The van der Waals surface area contributed by atoms with Gasteiger partial charge in [0, 0.05) is 13.1 Å². The molecular formula is C39H70N6O. The highest BCUT2D eigenvalue weighted by Gasteiger charge is 2.23. The predicted octanol–water partition coefficient (Wildman–Crippen LogP) is 12.1. The first kappa shape index (κ1) is 38.1. The van der Waals surface area contributed by atoms with Gasteiger partial charge in [0.05, 0.1) is 12.7 Å². The standard InChI is InChI=1S/C39H70N6O/c1-3-5-7-9-11-13-15-17-18-19-20-22-24-26-28-30-32-45-38-36(43-39(45)46)35-37(40-33-41-38)44(34-42-35)31-29-27-25-23-21-16-14-12-10-8-6-4-2/h33-34H,3-32H2,1-2H3,(H,40,41)(H,43,46). The minimum atomic E-state index is -0.0600. The minimum Gasteiger partial charge on any atom is -0.330 e. The maximum absolute atomic E-state index is 12.9. The van der Waals surface area contributed by atoms with Crippen molar-refractivity contribution in [2.24, 2.45) is 4.99 Å². The van der Waals surface area contributed by atoms with Crippen LogP contribution in [-0.2, 0) is 13.1 Å². The van der Waals surface area contributed by atoms with Crippen LogP contribution in [0.25, 0.3) is 11.4 Å². The average Bonchev–Trinajstić information content (AvgIpc) is 3.54. The lowest BCUT2D eigenvalue weighted by atomic mass is 10.0. The van der Waals surface area contributed by atoms with Crippen molar-refractivity contribution in [1.82, 2.24) is 19.1 Å². The SMILES string of the molecule is CCCCCCCCCCCCCCCCCCn1c2c([nH]c1=O)-c1ncn(CCCCCCCCCCCCCC)c1N=CN2. The van der Waals surface area contributed by atoms with Crippen molar-refractivity contribution in [2.45, 2.75) is 207 Å². The van der Waals surface area contributed by atoms with Gasteiger partial charge in [-0.05, 0) is 12.8 Å². The minimum absolute atomic E-state index is 0.0600. The molecule has 3 rings (SSSR count). The zero-order chi connectivity index (χ0) is 32.5. The summed E-state index contributed by atoms with van der Waals surface area (Å²) in [5.74, 6) is 1.63. The molecule has 0 fully saturated rings. The fourth-order valence-corrected chi connectivity index (χ4v) is 6.95. The molecule has 7 heteroatoms. The Hall–Kier alpha value is -2.31. The number of hydrogen-bond donors (Lipinski definition) is 2. The highest BCUT2D eigenvalue weighted by atomic mass is 16.1. The van der Waals surface area contributed by atoms with E-state index in [0.717, 1.165) is 55.4 Å². The van der Waals surface area contributed by atoms with Crippen molar-refractivity contribution in [1.29, 1.82) is 0 Å². The van der Waals surface area contributed by atoms with Gasteiger partial charge in [-0.25, -0.2) is 14.8 Å². The summed E-state index contributed by atoms with van der Waals surface area (Å²) in [4.78, 5) is 25.4. The van der Waals surface area contributed by atoms with Crippen LogP contribution in [0.15, 0.2) is 16.1 Å². The van der Waals surface area contributed by atoms with Gasteiger partial charge in [-0.1, -0.05) is 181 Å². The van der Waals surface area contributed by atoms with Gasteiger partial charge >= 0.3 is 5.69 Å². The van der Waals surface area contributed by atoms with E-state index in [1.165, 1.54) is 161 Å². The first-order chi connectivity index (χ1) is 22.8. The molecule has 0 saturated carbocycles. The monoisotopic (exact) mass is 639 g/mol. The van der Waals surface area contributed by atoms with E-state index >= 15 is 0 Å². The van der Waals surface area contributed by atoms with E-state index in [-0.39, 0.29) is 5.69 Å². The Kier molecular flexibility index (Phi) is 20.6. The molecule has 1 aliphatic rings. The van der Waals surface area contributed by atoms with Crippen molar-refractivity contribution < 1.29 is 0 Å². The van der Waals surface area contributed by atoms with E-state index in [1.807, 2.05) is 10.9 Å². The molecule has 2 aromatic rings. The van der Waals surface area contributed by atoms with Crippen LogP contribution < -0.4 is 11.0 Å². The van der Waals surface area contributed by atoms with Crippen LogP contribution in [0.3, 0.4) is 0 Å². The number of aromatic amines is 1. The third-order valence-corrected chi connectivity index (χ3v) is 9.91. The van der Waals surface area contributed by atoms with Crippen molar-refractivity contribution in [3.05, 3.63) is 16.8 Å². The second-order valence-corrected chi connectivity index (χ2v) is 14.0. The van der Waals surface area contributed by atoms with Gasteiger partial charge in [0.25, 0.3) is 0 Å². The molecule has 0 aliphatic carbocycles. The van der Waals surface area contributed by atoms with Gasteiger partial charge in [-0.15, -0.1) is 0 Å². The van der Waals surface area contributed by atoms with Crippen LogP contribution in [0.2, 0.25) is 0 Å². The molecule has 0 bridgehead atoms. The van der Waals surface area contributed by atoms with Crippen LogP contribution in [0, 0.1) is 0 Å². The Morgan fingerprint density at radius 2 is 0.978 bits per heavy atom. The molecule has 46 heavy (non-hydrogen) atoms. The summed E-state index contributed by atoms with van der Waals surface area (Å²) in [7, 11) is 0. The Balaban J connectivity index is 1.26. The summed E-state index contributed by atoms with van der Waals surface area (Å²) in [5, 5.41) is 3.28. The largest absolute Gasteiger partial charge is 0.330 e. The maximum Gasteiger partial charge on any atom is 0.327 e. The van der Waals surface area contributed by atoms with E-state index in [2.05, 4.69) is 33.7 Å². The molecule has 0 unspecified atom stereocenters. The van der Waals surface area contributed by atoms with Crippen LogP contribution in [-0.4, -0.2) is 25.4 Å². The molecule has 0 saturated heterocycles. The zero-order valence-electron chi connectivity index (χ0n) is 30.1. The Bertz CT molecular complexity index is 1110. The zero-order valence-corrected chi connectivity index (χ0v) is 30.1. The lowest BCUT2D eigenvalue weighted by molar-refractivity contribution is 0.520. The Labute approximate surface area is 281 Å². The first-order valence-electron chi connectivity index (χ1n) is 19.9. The third-order valence-electron chi connectivity index (χ3n) is 9.91. The normalized spacial score (nSPS) is 12.3. The summed E-state index contributed by atoms with van der Waals surface area (Å²) in [6, 6.07) is 0. The number of unbranched alkanes of at least 4 members (excludes halogenated alkanes) is 26. The average molecular weight is 639 g/mol. The number of aryl methyl sites for hydroxylation is 1. The predicted molar refractivity (Wildman–Crippen MR) is 199 cm³/mol. The van der Waals surface area contributed by atoms with Crippen molar-refractivity contribution in [3.63, 3.8) is 0 Å². The van der Waals surface area contributed by atoms with E-state index in [0.29, 0.717) is 0 Å². The fourth-order valence-electron chi connectivity index (χ4n) is 6.95. The third kappa shape index (κ3) is 14.6. The molecule has 1 aliphatic heterocycles. The van der Waals surface area contributed by atoms with E-state index in [9.17, 15) is 4.79 Å². The number of aliphatic imine (C=N–C) groups is 1. The van der Waals surface area contributed by atoms with Gasteiger partial charge in [0.15, 0.2) is 5.82 Å². The molecule has 2 N–H and O–H groups in total. The molecule has 262 valence electrons.